The number of amides is 4. The van der Waals surface area contributed by atoms with Crippen molar-refractivity contribution in [3.63, 3.8) is 0 Å². The van der Waals surface area contributed by atoms with Crippen LogP contribution >= 0.6 is 22.9 Å². The number of aliphatic hydroxyl groups is 1. The van der Waals surface area contributed by atoms with Crippen LogP contribution in [0.4, 0.5) is 0 Å². The summed E-state index contributed by atoms with van der Waals surface area (Å²) in [5.41, 5.74) is 5.40. The quantitative estimate of drug-likeness (QED) is 0.0882. The molecule has 71 heavy (non-hydrogen) atoms. The van der Waals surface area contributed by atoms with Crippen molar-refractivity contribution in [3.05, 3.63) is 129 Å². The van der Waals surface area contributed by atoms with Gasteiger partial charge in [-0.1, -0.05) is 86.1 Å². The van der Waals surface area contributed by atoms with E-state index < -0.39 is 47.5 Å². The molecule has 0 radical (unpaired) electrons. The number of aliphatic hydroxyl groups excluding tert-OH is 1. The predicted octanol–water partition coefficient (Wildman–Crippen LogP) is 6.88. The molecule has 1 saturated carbocycles. The molecule has 1 unspecified atom stereocenters. The highest BCUT2D eigenvalue weighted by molar-refractivity contribution is 7.15. The zero-order valence-corrected chi connectivity index (χ0v) is 42.2. The van der Waals surface area contributed by atoms with Crippen LogP contribution < -0.4 is 20.7 Å². The number of β-amino-alcohol motifs (C(OH)–C–C–N with tert-alkyl or cyclic N) is 1. The van der Waals surface area contributed by atoms with Gasteiger partial charge >= 0.3 is 0 Å². The number of fused-ring (bicyclic) bond motifs is 3. The van der Waals surface area contributed by atoms with Gasteiger partial charge in [-0.15, -0.1) is 21.5 Å². The van der Waals surface area contributed by atoms with Crippen LogP contribution in [-0.2, 0) is 25.6 Å². The lowest BCUT2D eigenvalue weighted by molar-refractivity contribution is -0.144. The minimum absolute atomic E-state index is 0.00280. The van der Waals surface area contributed by atoms with Gasteiger partial charge in [0.25, 0.3) is 0 Å². The summed E-state index contributed by atoms with van der Waals surface area (Å²) >= 11 is 7.93. The van der Waals surface area contributed by atoms with Crippen LogP contribution in [-0.4, -0.2) is 101 Å². The second-order valence-corrected chi connectivity index (χ2v) is 21.4. The van der Waals surface area contributed by atoms with Gasteiger partial charge in [-0.2, -0.15) is 4.98 Å². The van der Waals surface area contributed by atoms with E-state index in [2.05, 4.69) is 50.1 Å². The van der Waals surface area contributed by atoms with Crippen molar-refractivity contribution >= 4 is 52.3 Å². The van der Waals surface area contributed by atoms with E-state index in [1.165, 1.54) is 16.2 Å². The van der Waals surface area contributed by atoms with Gasteiger partial charge in [0.15, 0.2) is 5.82 Å². The summed E-state index contributed by atoms with van der Waals surface area (Å²) in [5, 5.41) is 34.2. The Morgan fingerprint density at radius 3 is 2.30 bits per heavy atom. The van der Waals surface area contributed by atoms with Crippen molar-refractivity contribution < 1.29 is 33.5 Å². The number of aliphatic imine (C=N–C) groups is 1. The first-order valence-corrected chi connectivity index (χ1v) is 25.0. The Morgan fingerprint density at radius 2 is 1.62 bits per heavy atom. The molecule has 2 aliphatic heterocycles. The lowest BCUT2D eigenvalue weighted by Gasteiger charge is -2.36. The molecule has 6 aromatic rings. The lowest BCUT2D eigenvalue weighted by atomic mass is 9.85. The Kier molecular flexibility index (Phi) is 14.0. The third-order valence-corrected chi connectivity index (χ3v) is 14.9. The number of benzene rings is 3. The molecule has 5 heterocycles. The van der Waals surface area contributed by atoms with Crippen molar-refractivity contribution in [2.75, 3.05) is 6.54 Å². The minimum atomic E-state index is -0.973. The summed E-state index contributed by atoms with van der Waals surface area (Å²) in [5.74, 6) is 1.08. The van der Waals surface area contributed by atoms with Gasteiger partial charge in [0, 0.05) is 58.4 Å². The van der Waals surface area contributed by atoms with E-state index in [1.54, 1.807) is 11.3 Å². The molecule has 370 valence electrons. The van der Waals surface area contributed by atoms with E-state index in [0.717, 1.165) is 44.4 Å². The van der Waals surface area contributed by atoms with E-state index >= 15 is 0 Å². The summed E-state index contributed by atoms with van der Waals surface area (Å²) in [7, 11) is 0. The molecule has 0 bridgehead atoms. The van der Waals surface area contributed by atoms with Gasteiger partial charge in [-0.25, -0.2) is 0 Å². The Bertz CT molecular complexity index is 2960. The maximum absolute atomic E-state index is 14.2. The van der Waals surface area contributed by atoms with Crippen LogP contribution in [0.5, 0.6) is 5.75 Å². The number of nitrogens with zero attached hydrogens (tertiary/aromatic N) is 7. The highest BCUT2D eigenvalue weighted by Crippen LogP contribution is 2.40. The van der Waals surface area contributed by atoms with E-state index in [-0.39, 0.29) is 49.8 Å². The number of hydrogen-bond donors (Lipinski definition) is 4. The number of hydrogen-bond acceptors (Lipinski definition) is 13. The maximum Gasteiger partial charge on any atom is 0.246 e. The van der Waals surface area contributed by atoms with Gasteiger partial charge in [0.05, 0.1) is 30.7 Å². The highest BCUT2D eigenvalue weighted by Gasteiger charge is 2.45. The SMILES string of the molecule is Cc1sc2c(c1C)C(c1ccc(Cl)cc1)=NC(CC(=O)NC1CC(Oc3ccc(CC(=O)N[C@H](C(=O)N4C[C@H](O)C[C@H]4C(=O)N[C@@H](C)c4ccc(-c5ncon5)cc4)C(C)(C)C)cc3)C1)c1nnc(C)n1-2. The molecule has 3 aromatic heterocycles. The van der Waals surface area contributed by atoms with Crippen LogP contribution in [0.15, 0.2) is 88.7 Å². The van der Waals surface area contributed by atoms with Crippen molar-refractivity contribution in [2.45, 2.75) is 123 Å². The Morgan fingerprint density at radius 1 is 0.915 bits per heavy atom. The molecule has 17 nitrogen and oxygen atoms in total. The molecule has 4 amide bonds. The third kappa shape index (κ3) is 10.6. The zero-order chi connectivity index (χ0) is 50.3. The first-order chi connectivity index (χ1) is 33.9. The average Bonchev–Trinajstić information content (AvgIpc) is 4.13. The molecule has 1 aliphatic carbocycles. The van der Waals surface area contributed by atoms with E-state index in [9.17, 15) is 24.3 Å². The van der Waals surface area contributed by atoms with Crippen LogP contribution in [0.3, 0.4) is 0 Å². The predicted molar refractivity (Wildman–Crippen MR) is 267 cm³/mol. The van der Waals surface area contributed by atoms with Gasteiger partial charge in [-0.3, -0.25) is 28.7 Å². The van der Waals surface area contributed by atoms with Crippen LogP contribution in [0, 0.1) is 26.2 Å². The fourth-order valence-corrected chi connectivity index (χ4v) is 10.7. The van der Waals surface area contributed by atoms with Gasteiger partial charge in [0.1, 0.15) is 40.8 Å². The van der Waals surface area contributed by atoms with Crippen LogP contribution in [0.1, 0.15) is 110 Å². The molecule has 19 heteroatoms. The lowest BCUT2D eigenvalue weighted by Crippen LogP contribution is -2.58. The van der Waals surface area contributed by atoms with Crippen LogP contribution in [0.2, 0.25) is 5.02 Å². The minimum Gasteiger partial charge on any atom is -0.490 e. The van der Waals surface area contributed by atoms with Crippen molar-refractivity contribution in [2.24, 2.45) is 10.4 Å². The molecule has 1 saturated heterocycles. The Labute approximate surface area is 420 Å². The van der Waals surface area contributed by atoms with Crippen molar-refractivity contribution in [1.29, 1.82) is 0 Å². The summed E-state index contributed by atoms with van der Waals surface area (Å²) in [6, 6.07) is 19.2. The molecular weight excluding hydrogens is 944 g/mol. The highest BCUT2D eigenvalue weighted by atomic mass is 35.5. The monoisotopic (exact) mass is 1000 g/mol. The second kappa shape index (κ2) is 20.2. The van der Waals surface area contributed by atoms with E-state index in [4.69, 9.17) is 25.9 Å². The normalized spacial score (nSPS) is 20.4. The standard InChI is InChI=1S/C52H57ClN10O7S/c1-27-29(3)71-51-44(27)45(33-14-16-35(53)17-15-33)57-40(48-60-59-30(4)63(48)51)24-43(66)56-36-21-39(22-36)70-38-18-8-31(9-19-38)20-42(65)58-46(52(5,6)7)50(68)62-25-37(64)23-41(62)49(67)55-28(2)32-10-12-34(13-11-32)47-54-26-69-61-47/h8-19,26,28,36-37,39-41,46,64H,20-25H2,1-7H3,(H,55,67)(H,56,66)(H,58,65)/t28-,36?,37+,39?,40?,41-,46+/m0/s1. The number of aryl methyl sites for hydroxylation is 2. The topological polar surface area (TPSA) is 219 Å². The average molecular weight is 1000 g/mol. The van der Waals surface area contributed by atoms with Gasteiger partial charge in [-0.05, 0) is 74.1 Å². The molecule has 9 rings (SSSR count). The molecule has 4 N–H and O–H groups in total. The summed E-state index contributed by atoms with van der Waals surface area (Å²) < 4.78 is 13.1. The first-order valence-electron chi connectivity index (χ1n) is 23.8. The fraction of sp³-hybridized carbons (Fsp3) is 0.404. The first kappa shape index (κ1) is 49.2. The number of thiophene rings is 1. The number of halogens is 1. The van der Waals surface area contributed by atoms with E-state index in [0.29, 0.717) is 40.8 Å². The number of ether oxygens (including phenoxy) is 1. The molecule has 3 aromatic carbocycles. The van der Waals surface area contributed by atoms with E-state index in [1.807, 2.05) is 112 Å². The number of nitrogens with one attached hydrogen (secondary N) is 3. The van der Waals surface area contributed by atoms with Crippen molar-refractivity contribution in [1.82, 2.24) is 45.8 Å². The fourth-order valence-electron chi connectivity index (χ4n) is 9.38. The number of carbonyl (C=O) groups excluding carboxylic acids is 4. The molecular formula is C52H57ClN10O7S. The number of likely N-dealkylation sites (tertiary alicyclic amines) is 1. The number of aromatic nitrogens is 5. The molecule has 2 fully saturated rings. The molecule has 0 spiro atoms. The molecule has 5 atom stereocenters. The molecule has 3 aliphatic rings. The van der Waals surface area contributed by atoms with Crippen molar-refractivity contribution in [3.8, 4) is 22.1 Å². The van der Waals surface area contributed by atoms with Gasteiger partial charge in [0.2, 0.25) is 35.8 Å². The Balaban J connectivity index is 0.769. The summed E-state index contributed by atoms with van der Waals surface area (Å²) in [6.45, 7) is 13.4. The Hall–Kier alpha value is -6.76. The number of rotatable bonds is 14. The smallest absolute Gasteiger partial charge is 0.246 e. The van der Waals surface area contributed by atoms with Gasteiger partial charge < -0.3 is 35.2 Å². The van der Waals surface area contributed by atoms with Crippen LogP contribution in [0.25, 0.3) is 16.4 Å². The maximum atomic E-state index is 14.2. The summed E-state index contributed by atoms with van der Waals surface area (Å²) in [6.07, 6.45) is 1.65. The number of carbonyl (C=O) groups is 4. The second-order valence-electron chi connectivity index (χ2n) is 19.8. The largest absolute Gasteiger partial charge is 0.490 e. The zero-order valence-electron chi connectivity index (χ0n) is 40.6. The third-order valence-electron chi connectivity index (χ3n) is 13.5. The summed E-state index contributed by atoms with van der Waals surface area (Å²) in [4.78, 5) is 67.0.